The van der Waals surface area contributed by atoms with Crippen molar-refractivity contribution in [1.82, 2.24) is 0 Å². The van der Waals surface area contributed by atoms with Crippen molar-refractivity contribution >= 4 is 9.84 Å². The maximum absolute atomic E-state index is 13.1. The normalized spacial score (nSPS) is 10.9. The Morgan fingerprint density at radius 3 is 1.59 bits per heavy atom. The summed E-state index contributed by atoms with van der Waals surface area (Å²) >= 11 is 0. The zero-order valence-electron chi connectivity index (χ0n) is 19.1. The van der Waals surface area contributed by atoms with Gasteiger partial charge in [-0.05, 0) is 103 Å². The molecule has 176 valence electrons. The minimum absolute atomic E-state index is 0. The van der Waals surface area contributed by atoms with Gasteiger partial charge in [-0.3, -0.25) is 0 Å². The molecule has 0 aliphatic carbocycles. The molecule has 4 rings (SSSR count). The van der Waals surface area contributed by atoms with Gasteiger partial charge in [0.1, 0.15) is 17.2 Å². The average Bonchev–Trinajstić information content (AvgIpc) is 2.82. The molecule has 0 aliphatic heterocycles. The number of ether oxygens (including phenoxy) is 2. The summed E-state index contributed by atoms with van der Waals surface area (Å²) in [5.74, 6) is 2.11. The molecule has 4 aromatic rings. The topological polar surface area (TPSA) is 52.6 Å². The Bertz CT molecular complexity index is 1390. The number of rotatable bonds is 6. The molecule has 0 radical (unpaired) electrons. The van der Waals surface area contributed by atoms with Gasteiger partial charge in [-0.2, -0.15) is 0 Å². The second-order valence-electron chi connectivity index (χ2n) is 8.03. The van der Waals surface area contributed by atoms with Gasteiger partial charge in [-0.15, -0.1) is 0 Å². The van der Waals surface area contributed by atoms with Gasteiger partial charge < -0.3 is 9.47 Å². The summed E-state index contributed by atoms with van der Waals surface area (Å²) in [5.41, 5.74) is 4.91. The second-order valence-corrected chi connectivity index (χ2v) is 9.98. The molecular weight excluding hydrogens is 444 g/mol. The van der Waals surface area contributed by atoms with E-state index >= 15 is 0 Å². The van der Waals surface area contributed by atoms with Crippen molar-refractivity contribution in [2.75, 3.05) is 7.11 Å². The quantitative estimate of drug-likeness (QED) is 0.289. The largest absolute Gasteiger partial charge is 0.497 e. The third-order valence-electron chi connectivity index (χ3n) is 5.75. The van der Waals surface area contributed by atoms with Gasteiger partial charge in [0, 0.05) is 0 Å². The number of aryl methyl sites for hydroxylation is 3. The molecule has 0 N–H and O–H groups in total. The molecular formula is C29H30O4S. The highest BCUT2D eigenvalue weighted by Crippen LogP contribution is 2.31. The van der Waals surface area contributed by atoms with Crippen LogP contribution in [0.25, 0.3) is 11.1 Å². The van der Waals surface area contributed by atoms with E-state index in [9.17, 15) is 8.42 Å². The lowest BCUT2D eigenvalue weighted by atomic mass is 10.1. The molecule has 0 fully saturated rings. The van der Waals surface area contributed by atoms with E-state index in [-0.39, 0.29) is 12.3 Å². The fourth-order valence-corrected chi connectivity index (χ4v) is 4.98. The molecule has 0 saturated heterocycles. The van der Waals surface area contributed by atoms with Gasteiger partial charge in [0.2, 0.25) is 9.84 Å². The van der Waals surface area contributed by atoms with Crippen LogP contribution in [0.1, 0.15) is 24.1 Å². The van der Waals surface area contributed by atoms with E-state index in [1.807, 2.05) is 75.4 Å². The lowest BCUT2D eigenvalue weighted by molar-refractivity contribution is 0.415. The third kappa shape index (κ3) is 5.15. The lowest BCUT2D eigenvalue weighted by Crippen LogP contribution is -2.03. The van der Waals surface area contributed by atoms with Crippen molar-refractivity contribution in [3.63, 3.8) is 0 Å². The van der Waals surface area contributed by atoms with E-state index < -0.39 is 9.84 Å². The lowest BCUT2D eigenvalue weighted by Gasteiger charge is -2.12. The summed E-state index contributed by atoms with van der Waals surface area (Å²) in [7, 11) is -1.95. The van der Waals surface area contributed by atoms with E-state index in [1.54, 1.807) is 37.4 Å². The molecule has 5 heteroatoms. The van der Waals surface area contributed by atoms with Crippen LogP contribution in [-0.2, 0) is 9.84 Å². The first-order valence-corrected chi connectivity index (χ1v) is 12.1. The fourth-order valence-electron chi connectivity index (χ4n) is 3.55. The van der Waals surface area contributed by atoms with E-state index in [1.165, 1.54) is 0 Å². The molecule has 0 atom stereocenters. The molecule has 0 bridgehead atoms. The first-order valence-electron chi connectivity index (χ1n) is 10.6. The Kier molecular flexibility index (Phi) is 7.48. The van der Waals surface area contributed by atoms with Gasteiger partial charge in [-0.25, -0.2) is 8.42 Å². The van der Waals surface area contributed by atoms with Crippen LogP contribution in [-0.4, -0.2) is 15.5 Å². The van der Waals surface area contributed by atoms with Crippen LogP contribution in [0.3, 0.4) is 0 Å². The van der Waals surface area contributed by atoms with E-state index in [0.29, 0.717) is 16.4 Å². The maximum Gasteiger partial charge on any atom is 0.206 e. The van der Waals surface area contributed by atoms with Crippen molar-refractivity contribution in [3.8, 4) is 28.4 Å². The molecule has 0 amide bonds. The molecule has 4 nitrogen and oxygen atoms in total. The highest BCUT2D eigenvalue weighted by Gasteiger charge is 2.19. The van der Waals surface area contributed by atoms with Crippen molar-refractivity contribution in [2.24, 2.45) is 0 Å². The Labute approximate surface area is 202 Å². The van der Waals surface area contributed by atoms with Crippen LogP contribution >= 0.6 is 0 Å². The predicted molar refractivity (Wildman–Crippen MR) is 138 cm³/mol. The maximum atomic E-state index is 13.1. The van der Waals surface area contributed by atoms with Crippen LogP contribution in [0.5, 0.6) is 17.2 Å². The Hall–Kier alpha value is -3.57. The highest BCUT2D eigenvalue weighted by molar-refractivity contribution is 7.91. The van der Waals surface area contributed by atoms with Gasteiger partial charge in [0.05, 0.1) is 16.9 Å². The summed E-state index contributed by atoms with van der Waals surface area (Å²) in [6.07, 6.45) is 0. The van der Waals surface area contributed by atoms with Crippen LogP contribution in [0.2, 0.25) is 0 Å². The number of sulfone groups is 1. The van der Waals surface area contributed by atoms with Crippen LogP contribution in [0.4, 0.5) is 0 Å². The van der Waals surface area contributed by atoms with Crippen LogP contribution in [0.15, 0.2) is 94.7 Å². The molecule has 4 aromatic carbocycles. The van der Waals surface area contributed by atoms with Gasteiger partial charge in [-0.1, -0.05) is 37.8 Å². The van der Waals surface area contributed by atoms with Gasteiger partial charge >= 0.3 is 0 Å². The van der Waals surface area contributed by atoms with Crippen molar-refractivity contribution in [1.29, 1.82) is 0 Å². The number of hydrogen-bond acceptors (Lipinski definition) is 4. The zero-order valence-corrected chi connectivity index (χ0v) is 19.9. The Balaban J connectivity index is 0.00000324. The smallest absolute Gasteiger partial charge is 0.206 e. The van der Waals surface area contributed by atoms with Gasteiger partial charge in [0.15, 0.2) is 0 Å². The fraction of sp³-hybridized carbons (Fsp3) is 0.172. The van der Waals surface area contributed by atoms with E-state index in [0.717, 1.165) is 33.6 Å². The molecule has 34 heavy (non-hydrogen) atoms. The summed E-state index contributed by atoms with van der Waals surface area (Å²) in [6.45, 7) is 5.72. The van der Waals surface area contributed by atoms with Crippen molar-refractivity contribution in [2.45, 2.75) is 38.0 Å². The zero-order chi connectivity index (χ0) is 23.6. The Morgan fingerprint density at radius 2 is 1.09 bits per heavy atom. The molecule has 0 saturated carbocycles. The number of benzene rings is 4. The SMILES string of the molecule is C.COc1ccc(-c2ccc(Oc3ccc(S(=O)(=O)c4ccc(C)c(C)c4)cc3C)cc2)cc1. The summed E-state index contributed by atoms with van der Waals surface area (Å²) in [4.78, 5) is 0.554. The van der Waals surface area contributed by atoms with Crippen molar-refractivity contribution < 1.29 is 17.9 Å². The average molecular weight is 475 g/mol. The number of methoxy groups -OCH3 is 1. The molecule has 0 aromatic heterocycles. The first kappa shape index (κ1) is 25.1. The van der Waals surface area contributed by atoms with Crippen molar-refractivity contribution in [3.05, 3.63) is 102 Å². The standard InChI is InChI=1S/C28H26O4S.CH4/c1-19-5-14-26(17-20(19)2)33(29,30)27-15-16-28(21(3)18-27)32-25-12-8-23(9-13-25)22-6-10-24(31-4)11-7-22;/h5-18H,1-4H3;1H4. The molecule has 0 unspecified atom stereocenters. The van der Waals surface area contributed by atoms with E-state index in [4.69, 9.17) is 9.47 Å². The minimum atomic E-state index is -3.60. The third-order valence-corrected chi connectivity index (χ3v) is 7.50. The molecule has 0 spiro atoms. The second kappa shape index (κ2) is 10.1. The van der Waals surface area contributed by atoms with Crippen LogP contribution < -0.4 is 9.47 Å². The van der Waals surface area contributed by atoms with E-state index in [2.05, 4.69) is 0 Å². The first-order chi connectivity index (χ1) is 15.8. The highest BCUT2D eigenvalue weighted by atomic mass is 32.2. The summed E-state index contributed by atoms with van der Waals surface area (Å²) in [5, 5.41) is 0. The minimum Gasteiger partial charge on any atom is -0.497 e. The monoisotopic (exact) mass is 474 g/mol. The predicted octanol–water partition coefficient (Wildman–Crippen LogP) is 7.55. The number of hydrogen-bond donors (Lipinski definition) is 0. The Morgan fingerprint density at radius 1 is 0.588 bits per heavy atom. The van der Waals surface area contributed by atoms with Gasteiger partial charge in [0.25, 0.3) is 0 Å². The summed E-state index contributed by atoms with van der Waals surface area (Å²) < 4.78 is 37.4. The molecule has 0 heterocycles. The summed E-state index contributed by atoms with van der Waals surface area (Å²) in [6, 6.07) is 25.8. The van der Waals surface area contributed by atoms with Crippen LogP contribution in [0, 0.1) is 20.8 Å². The molecule has 0 aliphatic rings.